The van der Waals surface area contributed by atoms with Gasteiger partial charge in [0.05, 0.1) is 6.61 Å². The smallest absolute Gasteiger partial charge is 0.313 e. The average molecular weight is 213 g/mol. The van der Waals surface area contributed by atoms with Crippen molar-refractivity contribution >= 4 is 11.9 Å². The summed E-state index contributed by atoms with van der Waals surface area (Å²) in [6.45, 7) is 3.32. The predicted octanol–water partition coefficient (Wildman–Crippen LogP) is -1.17. The zero-order valence-corrected chi connectivity index (χ0v) is 8.66. The van der Waals surface area contributed by atoms with Gasteiger partial charge in [-0.25, -0.2) is 5.01 Å². The van der Waals surface area contributed by atoms with Crippen LogP contribution < -0.4 is 10.7 Å². The Morgan fingerprint density at radius 3 is 3.20 bits per heavy atom. The van der Waals surface area contributed by atoms with Crippen LogP contribution in [0.5, 0.6) is 0 Å². The highest BCUT2D eigenvalue weighted by molar-refractivity contribution is 5.80. The van der Waals surface area contributed by atoms with Gasteiger partial charge in [-0.2, -0.15) is 0 Å². The van der Waals surface area contributed by atoms with E-state index in [2.05, 4.69) is 10.7 Å². The predicted molar refractivity (Wildman–Crippen MR) is 51.4 cm³/mol. The van der Waals surface area contributed by atoms with Crippen molar-refractivity contribution in [2.75, 3.05) is 19.7 Å². The number of nitrogens with zero attached hydrogens (tertiary/aromatic N) is 1. The molecule has 6 nitrogen and oxygen atoms in total. The van der Waals surface area contributed by atoms with Crippen molar-refractivity contribution in [3.63, 3.8) is 0 Å². The molecule has 6 heteroatoms. The highest BCUT2D eigenvalue weighted by Crippen LogP contribution is 2.19. The summed E-state index contributed by atoms with van der Waals surface area (Å²) in [6, 6.07) is 0. The summed E-state index contributed by atoms with van der Waals surface area (Å²) in [7, 11) is 0. The highest BCUT2D eigenvalue weighted by Gasteiger charge is 2.42. The zero-order valence-electron chi connectivity index (χ0n) is 8.66. The van der Waals surface area contributed by atoms with E-state index in [9.17, 15) is 9.59 Å². The van der Waals surface area contributed by atoms with Crippen molar-refractivity contribution in [1.82, 2.24) is 15.8 Å². The number of esters is 1. The molecule has 2 saturated heterocycles. The Morgan fingerprint density at radius 1 is 1.67 bits per heavy atom. The number of nitrogens with one attached hydrogen (secondary N) is 2. The molecule has 2 heterocycles. The highest BCUT2D eigenvalue weighted by atomic mass is 16.5. The van der Waals surface area contributed by atoms with Crippen LogP contribution in [0.1, 0.15) is 13.3 Å². The number of rotatable bonds is 2. The second kappa shape index (κ2) is 4.16. The van der Waals surface area contributed by atoms with Crippen LogP contribution in [0.25, 0.3) is 0 Å². The van der Waals surface area contributed by atoms with Gasteiger partial charge in [-0.3, -0.25) is 15.0 Å². The summed E-state index contributed by atoms with van der Waals surface area (Å²) in [5, 5.41) is 4.68. The van der Waals surface area contributed by atoms with Gasteiger partial charge in [0.2, 0.25) is 5.91 Å². The number of amides is 1. The minimum Gasteiger partial charge on any atom is -0.466 e. The fourth-order valence-corrected chi connectivity index (χ4v) is 1.96. The topological polar surface area (TPSA) is 70.7 Å². The first-order valence-corrected chi connectivity index (χ1v) is 5.18. The summed E-state index contributed by atoms with van der Waals surface area (Å²) in [6.07, 6.45) is 0.226. The second-order valence-corrected chi connectivity index (χ2v) is 3.68. The first-order valence-electron chi connectivity index (χ1n) is 5.18. The van der Waals surface area contributed by atoms with Crippen molar-refractivity contribution in [1.29, 1.82) is 0 Å². The molecule has 2 atom stereocenters. The van der Waals surface area contributed by atoms with Gasteiger partial charge in [0.1, 0.15) is 12.1 Å². The molecule has 2 fully saturated rings. The molecule has 0 aromatic carbocycles. The lowest BCUT2D eigenvalue weighted by Crippen LogP contribution is -2.56. The largest absolute Gasteiger partial charge is 0.466 e. The van der Waals surface area contributed by atoms with E-state index in [1.54, 1.807) is 6.92 Å². The minimum atomic E-state index is -0.297. The fourth-order valence-electron chi connectivity index (χ4n) is 1.96. The molecule has 2 N–H and O–H groups in total. The van der Waals surface area contributed by atoms with E-state index in [-0.39, 0.29) is 24.0 Å². The first-order chi connectivity index (χ1) is 7.22. The van der Waals surface area contributed by atoms with Crippen molar-refractivity contribution in [3.8, 4) is 0 Å². The normalized spacial score (nSPS) is 30.9. The van der Waals surface area contributed by atoms with E-state index in [0.717, 1.165) is 0 Å². The van der Waals surface area contributed by atoms with Gasteiger partial charge in [-0.15, -0.1) is 0 Å². The van der Waals surface area contributed by atoms with Crippen molar-refractivity contribution < 1.29 is 14.3 Å². The summed E-state index contributed by atoms with van der Waals surface area (Å²) >= 11 is 0. The standard InChI is InChI=1S/C9H15N3O3/c1-2-15-9(14)6-5-10-12-4-3-7(13)11-8(6)12/h6,8,10H,2-5H2,1H3,(H,11,13). The van der Waals surface area contributed by atoms with Gasteiger partial charge in [-0.1, -0.05) is 0 Å². The molecule has 0 radical (unpaired) electrons. The lowest BCUT2D eigenvalue weighted by atomic mass is 10.1. The fraction of sp³-hybridized carbons (Fsp3) is 0.778. The molecule has 15 heavy (non-hydrogen) atoms. The van der Waals surface area contributed by atoms with Gasteiger partial charge in [-0.05, 0) is 6.92 Å². The molecule has 2 aliphatic heterocycles. The molecule has 0 saturated carbocycles. The lowest BCUT2D eigenvalue weighted by Gasteiger charge is -2.31. The number of hydrazine groups is 1. The number of carbonyl (C=O) groups excluding carboxylic acids is 2. The van der Waals surface area contributed by atoms with Gasteiger partial charge in [0, 0.05) is 19.5 Å². The summed E-state index contributed by atoms with van der Waals surface area (Å²) in [5.41, 5.74) is 3.09. The number of fused-ring (bicyclic) bond motifs is 1. The number of hydrogen-bond donors (Lipinski definition) is 2. The van der Waals surface area contributed by atoms with Crippen LogP contribution in [0.3, 0.4) is 0 Å². The monoisotopic (exact) mass is 213 g/mol. The molecular weight excluding hydrogens is 198 g/mol. The summed E-state index contributed by atoms with van der Waals surface area (Å²) in [5.74, 6) is -0.553. The van der Waals surface area contributed by atoms with Gasteiger partial charge in [0.25, 0.3) is 0 Å². The average Bonchev–Trinajstić information content (AvgIpc) is 2.60. The third-order valence-electron chi connectivity index (χ3n) is 2.71. The zero-order chi connectivity index (χ0) is 10.8. The van der Waals surface area contributed by atoms with E-state index in [1.807, 2.05) is 5.01 Å². The van der Waals surface area contributed by atoms with E-state index >= 15 is 0 Å². The molecule has 2 unspecified atom stereocenters. The second-order valence-electron chi connectivity index (χ2n) is 3.68. The lowest BCUT2D eigenvalue weighted by molar-refractivity contribution is -0.149. The van der Waals surface area contributed by atoms with Crippen LogP contribution >= 0.6 is 0 Å². The number of carbonyl (C=O) groups is 2. The maximum Gasteiger partial charge on any atom is 0.313 e. The molecule has 84 valence electrons. The Bertz CT molecular complexity index is 282. The number of ether oxygens (including phenoxy) is 1. The van der Waals surface area contributed by atoms with Gasteiger partial charge in [0.15, 0.2) is 0 Å². The van der Waals surface area contributed by atoms with Crippen molar-refractivity contribution in [2.45, 2.75) is 19.5 Å². The Labute approximate surface area is 87.9 Å². The first kappa shape index (κ1) is 10.4. The van der Waals surface area contributed by atoms with Crippen LogP contribution in [0, 0.1) is 5.92 Å². The summed E-state index contributed by atoms with van der Waals surface area (Å²) < 4.78 is 4.95. The number of hydrogen-bond acceptors (Lipinski definition) is 5. The molecule has 2 aliphatic rings. The van der Waals surface area contributed by atoms with Gasteiger partial charge < -0.3 is 10.1 Å². The quantitative estimate of drug-likeness (QED) is 0.566. The molecule has 1 amide bonds. The van der Waals surface area contributed by atoms with E-state index < -0.39 is 0 Å². The Balaban J connectivity index is 2.02. The van der Waals surface area contributed by atoms with Gasteiger partial charge >= 0.3 is 5.97 Å². The van der Waals surface area contributed by atoms with Crippen LogP contribution in [-0.2, 0) is 14.3 Å². The van der Waals surface area contributed by atoms with Crippen LogP contribution in [0.15, 0.2) is 0 Å². The van der Waals surface area contributed by atoms with E-state index in [0.29, 0.717) is 26.1 Å². The molecular formula is C9H15N3O3. The van der Waals surface area contributed by atoms with Crippen molar-refractivity contribution in [2.24, 2.45) is 5.92 Å². The maximum absolute atomic E-state index is 11.6. The third kappa shape index (κ3) is 1.95. The molecule has 2 rings (SSSR count). The molecule has 0 spiro atoms. The SMILES string of the molecule is CCOC(=O)C1CNN2CCC(=O)NC12. The molecule has 0 aromatic heterocycles. The van der Waals surface area contributed by atoms with Crippen LogP contribution in [0.2, 0.25) is 0 Å². The van der Waals surface area contributed by atoms with Crippen molar-refractivity contribution in [3.05, 3.63) is 0 Å². The Hall–Kier alpha value is -1.14. The third-order valence-corrected chi connectivity index (χ3v) is 2.71. The van der Waals surface area contributed by atoms with Crippen LogP contribution in [0.4, 0.5) is 0 Å². The Morgan fingerprint density at radius 2 is 2.47 bits per heavy atom. The summed E-state index contributed by atoms with van der Waals surface area (Å²) in [4.78, 5) is 22.8. The molecule has 0 aliphatic carbocycles. The minimum absolute atomic E-state index is 0.00533. The maximum atomic E-state index is 11.6. The Kier molecular flexibility index (Phi) is 2.88. The van der Waals surface area contributed by atoms with E-state index in [4.69, 9.17) is 4.74 Å². The van der Waals surface area contributed by atoms with E-state index in [1.165, 1.54) is 0 Å². The van der Waals surface area contributed by atoms with Crippen LogP contribution in [-0.4, -0.2) is 42.7 Å². The molecule has 0 bridgehead atoms. The molecule has 0 aromatic rings.